The molecule has 0 aromatic carbocycles. The zero-order chi connectivity index (χ0) is 36.5. The first kappa shape index (κ1) is 36.9. The van der Waals surface area contributed by atoms with Crippen LogP contribution in [-0.4, -0.2) is 104 Å². The van der Waals surface area contributed by atoms with Crippen molar-refractivity contribution < 1.29 is 44.6 Å². The molecule has 8 aliphatic rings. The highest BCUT2D eigenvalue weighted by molar-refractivity contribution is 5.88. The second-order valence-corrected chi connectivity index (χ2v) is 17.6. The normalized spacial score (nSPS) is 47.3. The third-order valence-corrected chi connectivity index (χ3v) is 14.9. The zero-order valence-corrected chi connectivity index (χ0v) is 31.3. The maximum atomic E-state index is 14.1. The van der Waals surface area contributed by atoms with E-state index in [-0.39, 0.29) is 60.8 Å². The van der Waals surface area contributed by atoms with Gasteiger partial charge in [0.05, 0.1) is 63.2 Å². The Kier molecular flexibility index (Phi) is 10.4. The zero-order valence-electron chi connectivity index (χ0n) is 31.3. The molecular weight excluding hydrogens is 662 g/mol. The summed E-state index contributed by atoms with van der Waals surface area (Å²) in [7, 11) is 1.99. The van der Waals surface area contributed by atoms with E-state index in [4.69, 9.17) is 25.7 Å². The number of piperidine rings is 2. The SMILES string of the molecule is CC=C(CC[NH2+]C)C(=O)OC1CC2C(O)C3C(=O)CC(CO)OC3C3CC4CCNC(N)C4C4=CCC5=C4C(CC4C[NH2+]C(N)CC4C5)C1(C)OC23. The number of nitrogens with one attached hydrogen (secondary N) is 1. The molecule has 2 bridgehead atoms. The molecule has 0 amide bonds. The van der Waals surface area contributed by atoms with Crippen molar-refractivity contribution >= 4 is 11.8 Å². The summed E-state index contributed by atoms with van der Waals surface area (Å²) in [6.07, 6.45) is 7.32. The van der Waals surface area contributed by atoms with Gasteiger partial charge >= 0.3 is 5.97 Å². The standard InChI is InChI=1S/C40H61N5O7/c1-4-19(7-9-43-3)39(49)51-30-16-26-35(48)34-29(47)15-24(18-46)50-37(34)27-12-21-8-10-44-38(42)33(21)25-6-5-20-11-22-14-31(41)45-17-23(22)13-28(32(20)25)40(30,2)52-36(26)27/h4,6,21-24,26-28,30-31,33-38,43-46,48H,5,7-18,41-42H2,1-3H3/p+2. The molecule has 12 nitrogen and oxygen atoms in total. The third-order valence-electron chi connectivity index (χ3n) is 14.9. The lowest BCUT2D eigenvalue weighted by Gasteiger charge is -2.61. The predicted octanol–water partition coefficient (Wildman–Crippen LogP) is -0.647. The summed E-state index contributed by atoms with van der Waals surface area (Å²) >= 11 is 0. The van der Waals surface area contributed by atoms with Crippen LogP contribution in [-0.2, 0) is 23.8 Å². The van der Waals surface area contributed by atoms with Crippen LogP contribution in [0.3, 0.4) is 0 Å². The lowest BCUT2D eigenvalue weighted by atomic mass is 9.57. The maximum absolute atomic E-state index is 14.1. The minimum absolute atomic E-state index is 0.0535. The number of Topliss-reactive ketones (excluding diaryl/α,β-unsaturated/α-hetero) is 1. The lowest BCUT2D eigenvalue weighted by molar-refractivity contribution is -0.706. The van der Waals surface area contributed by atoms with E-state index in [1.807, 2.05) is 20.0 Å². The van der Waals surface area contributed by atoms with Crippen molar-refractivity contribution in [2.75, 3.05) is 33.3 Å². The molecule has 52 heavy (non-hydrogen) atoms. The van der Waals surface area contributed by atoms with Gasteiger partial charge in [-0.25, -0.2) is 4.79 Å². The molecule has 5 saturated heterocycles. The van der Waals surface area contributed by atoms with Crippen LogP contribution in [0.15, 0.2) is 34.4 Å². The first-order chi connectivity index (χ1) is 25.1. The van der Waals surface area contributed by atoms with Crippen molar-refractivity contribution in [1.29, 1.82) is 0 Å². The number of hydrogen-bond donors (Lipinski definition) is 7. The number of rotatable bonds is 6. The highest BCUT2D eigenvalue weighted by Gasteiger charge is 2.65. The second-order valence-electron chi connectivity index (χ2n) is 17.6. The predicted molar refractivity (Wildman–Crippen MR) is 192 cm³/mol. The molecule has 8 rings (SSSR count). The number of carbonyl (C=O) groups excluding carboxylic acids is 2. The van der Waals surface area contributed by atoms with Crippen LogP contribution in [0.4, 0.5) is 0 Å². The van der Waals surface area contributed by atoms with Crippen LogP contribution in [0.2, 0.25) is 0 Å². The van der Waals surface area contributed by atoms with E-state index in [2.05, 4.69) is 29.0 Å². The number of quaternary nitrogens is 2. The number of allylic oxidation sites excluding steroid dienone is 3. The van der Waals surface area contributed by atoms with Crippen LogP contribution >= 0.6 is 0 Å². The first-order valence-corrected chi connectivity index (χ1v) is 20.3. The van der Waals surface area contributed by atoms with Crippen LogP contribution in [0.1, 0.15) is 71.6 Å². The molecule has 1 saturated carbocycles. The van der Waals surface area contributed by atoms with Gasteiger partial charge in [0.15, 0.2) is 0 Å². The van der Waals surface area contributed by atoms with E-state index in [1.165, 1.54) is 16.7 Å². The fourth-order valence-electron chi connectivity index (χ4n) is 12.3. The number of nitrogens with two attached hydrogens (primary N) is 4. The molecule has 16 atom stereocenters. The Bertz CT molecular complexity index is 1500. The third kappa shape index (κ3) is 6.18. The number of esters is 1. The van der Waals surface area contributed by atoms with Gasteiger partial charge in [0.2, 0.25) is 0 Å². The number of fused-ring (bicyclic) bond motifs is 7. The topological polar surface area (TPSA) is 200 Å². The number of ketones is 1. The summed E-state index contributed by atoms with van der Waals surface area (Å²) in [6.45, 7) is 6.32. The average Bonchev–Trinajstić information content (AvgIpc) is 3.43. The molecule has 3 aliphatic carbocycles. The van der Waals surface area contributed by atoms with Crippen LogP contribution in [0, 0.1) is 47.3 Å². The molecule has 12 heteroatoms. The van der Waals surface area contributed by atoms with Gasteiger partial charge in [0, 0.05) is 54.4 Å². The second kappa shape index (κ2) is 14.6. The Morgan fingerprint density at radius 2 is 1.96 bits per heavy atom. The Morgan fingerprint density at radius 3 is 2.73 bits per heavy atom. The van der Waals surface area contributed by atoms with E-state index in [1.54, 1.807) is 0 Å². The minimum Gasteiger partial charge on any atom is -0.456 e. The van der Waals surface area contributed by atoms with Crippen molar-refractivity contribution in [2.45, 2.75) is 120 Å². The molecule has 11 N–H and O–H groups in total. The van der Waals surface area contributed by atoms with Gasteiger partial charge in [-0.2, -0.15) is 0 Å². The molecule has 6 fully saturated rings. The molecule has 288 valence electrons. The highest BCUT2D eigenvalue weighted by atomic mass is 16.6. The van der Waals surface area contributed by atoms with E-state index in [9.17, 15) is 19.8 Å². The van der Waals surface area contributed by atoms with Crippen LogP contribution in [0.25, 0.3) is 0 Å². The fourth-order valence-corrected chi connectivity index (χ4v) is 12.3. The summed E-state index contributed by atoms with van der Waals surface area (Å²) < 4.78 is 20.9. The monoisotopic (exact) mass is 725 g/mol. The van der Waals surface area contributed by atoms with Gasteiger partial charge < -0.3 is 46.1 Å². The van der Waals surface area contributed by atoms with E-state index >= 15 is 0 Å². The number of aliphatic hydroxyl groups is 2. The summed E-state index contributed by atoms with van der Waals surface area (Å²) in [5.74, 6) is -0.692. The van der Waals surface area contributed by atoms with E-state index in [0.717, 1.165) is 58.2 Å². The number of aliphatic hydroxyl groups excluding tert-OH is 2. The average molecular weight is 726 g/mol. The van der Waals surface area contributed by atoms with Crippen molar-refractivity contribution in [2.24, 2.45) is 58.8 Å². The summed E-state index contributed by atoms with van der Waals surface area (Å²) in [5, 5.41) is 30.4. The molecule has 0 radical (unpaired) electrons. The molecule has 16 unspecified atom stereocenters. The Hall–Kier alpha value is -2.00. The molecule has 0 spiro atoms. The van der Waals surface area contributed by atoms with Gasteiger partial charge in [0.1, 0.15) is 23.7 Å². The van der Waals surface area contributed by atoms with E-state index in [0.29, 0.717) is 30.3 Å². The highest BCUT2D eigenvalue weighted by Crippen LogP contribution is 2.59. The van der Waals surface area contributed by atoms with Gasteiger partial charge in [-0.1, -0.05) is 17.7 Å². The Morgan fingerprint density at radius 1 is 1.13 bits per heavy atom. The molecular formula is C40H63N5O7+2. The van der Waals surface area contributed by atoms with Crippen molar-refractivity contribution in [3.05, 3.63) is 34.4 Å². The quantitative estimate of drug-likeness (QED) is 0.137. The molecule has 5 aliphatic heterocycles. The Balaban J connectivity index is 1.28. The minimum atomic E-state index is -1.02. The van der Waals surface area contributed by atoms with Gasteiger partial charge in [-0.05, 0) is 81.9 Å². The Labute approximate surface area is 307 Å². The molecule has 0 aromatic heterocycles. The number of hydrogen-bond acceptors (Lipinski definition) is 10. The summed E-state index contributed by atoms with van der Waals surface area (Å²) in [6, 6.07) is 0. The summed E-state index contributed by atoms with van der Waals surface area (Å²) in [5.41, 5.74) is 17.5. The van der Waals surface area contributed by atoms with Gasteiger partial charge in [-0.3, -0.25) is 10.5 Å². The number of carbonyl (C=O) groups is 2. The molecule has 0 aromatic rings. The van der Waals surface area contributed by atoms with Crippen molar-refractivity contribution in [3.8, 4) is 0 Å². The van der Waals surface area contributed by atoms with Crippen LogP contribution in [0.5, 0.6) is 0 Å². The number of ether oxygens (including phenoxy) is 3. The smallest absolute Gasteiger partial charge is 0.334 e. The fraction of sp³-hybridized carbons (Fsp3) is 0.800. The van der Waals surface area contributed by atoms with E-state index < -0.39 is 48.0 Å². The van der Waals surface area contributed by atoms with Crippen molar-refractivity contribution in [3.63, 3.8) is 0 Å². The summed E-state index contributed by atoms with van der Waals surface area (Å²) in [4.78, 5) is 28.0. The van der Waals surface area contributed by atoms with Gasteiger partial charge in [-0.15, -0.1) is 0 Å². The van der Waals surface area contributed by atoms with Crippen molar-refractivity contribution in [1.82, 2.24) is 5.32 Å². The lowest BCUT2D eigenvalue weighted by Crippen LogP contribution is -2.96. The van der Waals surface area contributed by atoms with Crippen LogP contribution < -0.4 is 27.4 Å². The molecule has 5 heterocycles. The van der Waals surface area contributed by atoms with Gasteiger partial charge in [0.25, 0.3) is 0 Å². The first-order valence-electron chi connectivity index (χ1n) is 20.3. The maximum Gasteiger partial charge on any atom is 0.334 e. The largest absolute Gasteiger partial charge is 0.456 e.